The van der Waals surface area contributed by atoms with E-state index in [1.54, 1.807) is 0 Å². The maximum absolute atomic E-state index is 12.8. The van der Waals surface area contributed by atoms with Gasteiger partial charge in [-0.25, -0.2) is 4.39 Å². The van der Waals surface area contributed by atoms with Crippen molar-refractivity contribution in [2.24, 2.45) is 11.7 Å². The quantitative estimate of drug-likeness (QED) is 0.855. The monoisotopic (exact) mass is 244 g/mol. The molecule has 0 spiro atoms. The lowest BCUT2D eigenvalue weighted by atomic mass is 10.1. The average Bonchev–Trinajstić information content (AvgIpc) is 2.24. The van der Waals surface area contributed by atoms with Crippen molar-refractivity contribution in [1.82, 2.24) is 0 Å². The Kier molecular flexibility index (Phi) is 4.71. The lowest BCUT2D eigenvalue weighted by Crippen LogP contribution is -2.28. The zero-order chi connectivity index (χ0) is 12.1. The van der Waals surface area contributed by atoms with Crippen molar-refractivity contribution in [3.8, 4) is 0 Å². The number of halogens is 2. The normalized spacial score (nSPS) is 12.2. The van der Waals surface area contributed by atoms with E-state index in [-0.39, 0.29) is 23.4 Å². The number of nitrogens with two attached hydrogens (primary N) is 1. The standard InChI is InChI=1S/C11H14ClFN2O/c1-2-7(6-14)11(16)15-10-4-3-8(13)5-9(10)12/h3-5,7H,2,6,14H2,1H3,(H,15,16). The van der Waals surface area contributed by atoms with Gasteiger partial charge in [0.2, 0.25) is 5.91 Å². The third kappa shape index (κ3) is 3.18. The summed E-state index contributed by atoms with van der Waals surface area (Å²) in [5.41, 5.74) is 5.85. The molecule has 3 N–H and O–H groups in total. The second-order valence-corrected chi connectivity index (χ2v) is 3.86. The van der Waals surface area contributed by atoms with E-state index >= 15 is 0 Å². The van der Waals surface area contributed by atoms with Gasteiger partial charge in [0.1, 0.15) is 5.82 Å². The molecule has 0 aromatic heterocycles. The van der Waals surface area contributed by atoms with Crippen molar-refractivity contribution >= 4 is 23.2 Å². The summed E-state index contributed by atoms with van der Waals surface area (Å²) >= 11 is 5.78. The molecule has 0 fully saturated rings. The van der Waals surface area contributed by atoms with Crippen molar-refractivity contribution in [3.63, 3.8) is 0 Å². The van der Waals surface area contributed by atoms with E-state index in [0.29, 0.717) is 12.1 Å². The van der Waals surface area contributed by atoms with Gasteiger partial charge in [-0.15, -0.1) is 0 Å². The van der Waals surface area contributed by atoms with E-state index < -0.39 is 5.82 Å². The fourth-order valence-electron chi connectivity index (χ4n) is 1.28. The number of carbonyl (C=O) groups excluding carboxylic acids is 1. The highest BCUT2D eigenvalue weighted by molar-refractivity contribution is 6.33. The Morgan fingerprint density at radius 2 is 2.31 bits per heavy atom. The molecule has 3 nitrogen and oxygen atoms in total. The van der Waals surface area contributed by atoms with Gasteiger partial charge in [-0.05, 0) is 24.6 Å². The molecule has 1 aromatic rings. The van der Waals surface area contributed by atoms with Crippen LogP contribution in [0.1, 0.15) is 13.3 Å². The fourth-order valence-corrected chi connectivity index (χ4v) is 1.50. The molecule has 1 aromatic carbocycles. The van der Waals surface area contributed by atoms with Gasteiger partial charge in [0.05, 0.1) is 16.6 Å². The van der Waals surface area contributed by atoms with E-state index in [4.69, 9.17) is 17.3 Å². The molecule has 0 bridgehead atoms. The van der Waals surface area contributed by atoms with Crippen LogP contribution >= 0.6 is 11.6 Å². The van der Waals surface area contributed by atoms with Crippen LogP contribution in [0.4, 0.5) is 10.1 Å². The van der Waals surface area contributed by atoms with Gasteiger partial charge in [0.15, 0.2) is 0 Å². The maximum atomic E-state index is 12.8. The first-order valence-electron chi connectivity index (χ1n) is 5.04. The first-order chi connectivity index (χ1) is 7.58. The highest BCUT2D eigenvalue weighted by Crippen LogP contribution is 2.23. The molecule has 5 heteroatoms. The van der Waals surface area contributed by atoms with Crippen LogP contribution < -0.4 is 11.1 Å². The van der Waals surface area contributed by atoms with Gasteiger partial charge in [-0.3, -0.25) is 4.79 Å². The largest absolute Gasteiger partial charge is 0.330 e. The second kappa shape index (κ2) is 5.82. The van der Waals surface area contributed by atoms with Crippen LogP contribution in [0.25, 0.3) is 0 Å². The first kappa shape index (κ1) is 12.9. The molecule has 0 heterocycles. The third-order valence-electron chi connectivity index (χ3n) is 2.34. The SMILES string of the molecule is CCC(CN)C(=O)Nc1ccc(F)cc1Cl. The molecule has 1 rings (SSSR count). The lowest BCUT2D eigenvalue weighted by Gasteiger charge is -2.13. The Morgan fingerprint density at radius 1 is 1.62 bits per heavy atom. The number of anilines is 1. The van der Waals surface area contributed by atoms with Crippen LogP contribution in [-0.2, 0) is 4.79 Å². The molecule has 1 atom stereocenters. The number of carbonyl (C=O) groups is 1. The Labute approximate surface area is 98.8 Å². The van der Waals surface area contributed by atoms with Crippen LogP contribution in [0, 0.1) is 11.7 Å². The topological polar surface area (TPSA) is 55.1 Å². The summed E-state index contributed by atoms with van der Waals surface area (Å²) in [7, 11) is 0. The number of amides is 1. The van der Waals surface area contributed by atoms with Crippen molar-refractivity contribution < 1.29 is 9.18 Å². The summed E-state index contributed by atoms with van der Waals surface area (Å²) in [5.74, 6) is -0.881. The van der Waals surface area contributed by atoms with Crippen LogP contribution in [0.2, 0.25) is 5.02 Å². The maximum Gasteiger partial charge on any atom is 0.228 e. The summed E-state index contributed by atoms with van der Waals surface area (Å²) in [4.78, 5) is 11.7. The minimum Gasteiger partial charge on any atom is -0.330 e. The van der Waals surface area contributed by atoms with Gasteiger partial charge < -0.3 is 11.1 Å². The molecule has 1 unspecified atom stereocenters. The predicted octanol–water partition coefficient (Wildman–Crippen LogP) is 2.40. The molecule has 0 saturated heterocycles. The highest BCUT2D eigenvalue weighted by atomic mass is 35.5. The van der Waals surface area contributed by atoms with Crippen LogP contribution in [0.5, 0.6) is 0 Å². The summed E-state index contributed by atoms with van der Waals surface area (Å²) in [6.45, 7) is 2.16. The van der Waals surface area contributed by atoms with Gasteiger partial charge in [0.25, 0.3) is 0 Å². The number of nitrogens with one attached hydrogen (secondary N) is 1. The molecule has 0 aliphatic rings. The van der Waals surface area contributed by atoms with Crippen LogP contribution in [-0.4, -0.2) is 12.5 Å². The van der Waals surface area contributed by atoms with Gasteiger partial charge >= 0.3 is 0 Å². The van der Waals surface area contributed by atoms with Gasteiger partial charge in [0, 0.05) is 6.54 Å². The van der Waals surface area contributed by atoms with Crippen molar-refractivity contribution in [3.05, 3.63) is 29.0 Å². The molecular formula is C11H14ClFN2O. The number of hydrogen-bond donors (Lipinski definition) is 2. The van der Waals surface area contributed by atoms with E-state index in [1.807, 2.05) is 6.92 Å². The summed E-state index contributed by atoms with van der Waals surface area (Å²) in [6, 6.07) is 3.82. The molecule has 0 radical (unpaired) electrons. The molecule has 88 valence electrons. The average molecular weight is 245 g/mol. The van der Waals surface area contributed by atoms with Crippen molar-refractivity contribution in [2.75, 3.05) is 11.9 Å². The molecule has 1 amide bonds. The first-order valence-corrected chi connectivity index (χ1v) is 5.42. The molecule has 0 saturated carbocycles. The van der Waals surface area contributed by atoms with Gasteiger partial charge in [-0.1, -0.05) is 18.5 Å². The van der Waals surface area contributed by atoms with Crippen molar-refractivity contribution in [2.45, 2.75) is 13.3 Å². The minimum absolute atomic E-state index is 0.181. The van der Waals surface area contributed by atoms with Crippen molar-refractivity contribution in [1.29, 1.82) is 0 Å². The third-order valence-corrected chi connectivity index (χ3v) is 2.65. The van der Waals surface area contributed by atoms with Gasteiger partial charge in [-0.2, -0.15) is 0 Å². The predicted molar refractivity (Wildman–Crippen MR) is 62.9 cm³/mol. The zero-order valence-electron chi connectivity index (χ0n) is 8.97. The fraction of sp³-hybridized carbons (Fsp3) is 0.364. The Balaban J connectivity index is 2.76. The van der Waals surface area contributed by atoms with E-state index in [9.17, 15) is 9.18 Å². The Morgan fingerprint density at radius 3 is 2.81 bits per heavy atom. The summed E-state index contributed by atoms with van der Waals surface area (Å²) in [5, 5.41) is 2.80. The van der Waals surface area contributed by atoms with Crippen LogP contribution in [0.15, 0.2) is 18.2 Å². The number of benzene rings is 1. The highest BCUT2D eigenvalue weighted by Gasteiger charge is 2.15. The number of rotatable bonds is 4. The summed E-state index contributed by atoms with van der Waals surface area (Å²) in [6.07, 6.45) is 0.654. The second-order valence-electron chi connectivity index (χ2n) is 3.45. The van der Waals surface area contributed by atoms with E-state index in [1.165, 1.54) is 12.1 Å². The van der Waals surface area contributed by atoms with E-state index in [0.717, 1.165) is 6.07 Å². The smallest absolute Gasteiger partial charge is 0.228 e. The number of hydrogen-bond acceptors (Lipinski definition) is 2. The Bertz CT molecular complexity index is 380. The lowest BCUT2D eigenvalue weighted by molar-refractivity contribution is -0.119. The molecule has 16 heavy (non-hydrogen) atoms. The Hall–Kier alpha value is -1.13. The molecule has 0 aliphatic heterocycles. The molecular weight excluding hydrogens is 231 g/mol. The molecule has 0 aliphatic carbocycles. The minimum atomic E-state index is -0.436. The van der Waals surface area contributed by atoms with Crippen LogP contribution in [0.3, 0.4) is 0 Å². The zero-order valence-corrected chi connectivity index (χ0v) is 9.72. The van der Waals surface area contributed by atoms with E-state index in [2.05, 4.69) is 5.32 Å². The summed E-state index contributed by atoms with van der Waals surface area (Å²) < 4.78 is 12.8.